The van der Waals surface area contributed by atoms with Gasteiger partial charge in [-0.15, -0.1) is 28.4 Å². The molecule has 0 bridgehead atoms. The molecule has 2 aromatic heterocycles. The van der Waals surface area contributed by atoms with Crippen LogP contribution in [-0.4, -0.2) is 52.6 Å². The van der Waals surface area contributed by atoms with Crippen LogP contribution in [0, 0.1) is 23.0 Å². The van der Waals surface area contributed by atoms with Gasteiger partial charge in [-0.3, -0.25) is 9.69 Å². The van der Waals surface area contributed by atoms with Gasteiger partial charge in [-0.1, -0.05) is 30.7 Å². The first-order valence-corrected chi connectivity index (χ1v) is 17.2. The molecule has 0 saturated carbocycles. The van der Waals surface area contributed by atoms with Gasteiger partial charge in [0.25, 0.3) is 6.33 Å². The molecule has 5 rings (SSSR count). The first-order valence-electron chi connectivity index (χ1n) is 15.9. The van der Waals surface area contributed by atoms with E-state index in [9.17, 15) is 19.1 Å². The van der Waals surface area contributed by atoms with E-state index in [0.29, 0.717) is 32.5 Å². The summed E-state index contributed by atoms with van der Waals surface area (Å²) >= 11 is 7.41. The highest BCUT2D eigenvalue weighted by Crippen LogP contribution is 2.41. The topological polar surface area (TPSA) is 146 Å². The lowest BCUT2D eigenvalue weighted by atomic mass is 9.82. The molecule has 18 heteroatoms. The number of hydrogen-bond acceptors (Lipinski definition) is 10. The number of ether oxygens (including phenoxy) is 2. The predicted octanol–water partition coefficient (Wildman–Crippen LogP) is 3.27. The number of aromatic nitrogens is 4. The standard InChI is InChI=1S/C36H35ClF2N7O5S.ClH.HI/c1-22(34-43-31(18-52-34)25-7-5-24(15-40)6-8-25)36(49,29-14-28(38)10-11-30(29)39)19-46-21-45(20-42-46)23(2)51-35(48)44(4)32-12-9-27(37)13-26(32)17-50-33(47)16-41-3;;/h5-14,18,20-23,41,49H,16-17,19H2,1-4H3;2*1H/q+1;;/p-1. The minimum Gasteiger partial charge on any atom is -1.00 e. The molecule has 3 unspecified atom stereocenters. The van der Waals surface area contributed by atoms with Crippen LogP contribution in [-0.2, 0) is 33.0 Å². The lowest BCUT2D eigenvalue weighted by Crippen LogP contribution is -3.00. The highest BCUT2D eigenvalue weighted by molar-refractivity contribution is 7.10. The predicted molar refractivity (Wildman–Crippen MR) is 195 cm³/mol. The van der Waals surface area contributed by atoms with Crippen molar-refractivity contribution in [2.24, 2.45) is 0 Å². The Bertz CT molecular complexity index is 2120. The van der Waals surface area contributed by atoms with Crippen molar-refractivity contribution >= 4 is 53.1 Å². The molecule has 286 valence electrons. The fourth-order valence-corrected chi connectivity index (χ4v) is 6.58. The van der Waals surface area contributed by atoms with E-state index in [1.54, 1.807) is 68.7 Å². The molecule has 54 heavy (non-hydrogen) atoms. The molecule has 12 nitrogen and oxygen atoms in total. The summed E-state index contributed by atoms with van der Waals surface area (Å²) in [5, 5.41) is 31.1. The van der Waals surface area contributed by atoms with Gasteiger partial charge >= 0.3 is 12.1 Å². The maximum Gasteiger partial charge on any atom is 0.416 e. The molecule has 0 fully saturated rings. The number of anilines is 1. The molecule has 2 N–H and O–H groups in total. The highest BCUT2D eigenvalue weighted by atomic mass is 127. The smallest absolute Gasteiger partial charge is 0.416 e. The van der Waals surface area contributed by atoms with Crippen molar-refractivity contribution in [3.63, 3.8) is 0 Å². The van der Waals surface area contributed by atoms with Crippen molar-refractivity contribution in [3.05, 3.63) is 117 Å². The zero-order chi connectivity index (χ0) is 37.6. The SMILES string of the molecule is CNCC(=O)OCc1cc(Cl)ccc1N(C)C(=O)OC(C)[n+]1cnn(CC(O)(c2cc(F)ccc2F)C(C)c2nc(-c3ccc(C#N)cc3)cs2)c1.Cl.[I-]. The Kier molecular flexibility index (Phi) is 15.8. The Morgan fingerprint density at radius 3 is 2.57 bits per heavy atom. The minimum atomic E-state index is -2.04. The maximum atomic E-state index is 15.3. The fraction of sp³-hybridized carbons (Fsp3) is 0.278. The molecule has 0 aliphatic heterocycles. The van der Waals surface area contributed by atoms with Crippen LogP contribution in [0.15, 0.2) is 78.7 Å². The van der Waals surface area contributed by atoms with Crippen molar-refractivity contribution in [2.45, 2.75) is 44.7 Å². The van der Waals surface area contributed by atoms with Crippen LogP contribution in [0.1, 0.15) is 47.7 Å². The van der Waals surface area contributed by atoms with Crippen LogP contribution in [0.25, 0.3) is 11.3 Å². The number of benzene rings is 3. The Hall–Kier alpha value is -4.25. The minimum absolute atomic E-state index is 0. The quantitative estimate of drug-likeness (QED) is 0.103. The van der Waals surface area contributed by atoms with Crippen molar-refractivity contribution in [1.29, 1.82) is 5.26 Å². The Morgan fingerprint density at radius 2 is 1.89 bits per heavy atom. The first kappa shape index (κ1) is 44.1. The molecule has 0 spiro atoms. The second-order valence-electron chi connectivity index (χ2n) is 11.9. The van der Waals surface area contributed by atoms with Gasteiger partial charge in [0.2, 0.25) is 12.6 Å². The molecular weight excluding hydrogens is 878 g/mol. The van der Waals surface area contributed by atoms with Gasteiger partial charge in [-0.2, -0.15) is 9.83 Å². The summed E-state index contributed by atoms with van der Waals surface area (Å²) in [6.45, 7) is 2.82. The average molecular weight is 915 g/mol. The number of amides is 1. The van der Waals surface area contributed by atoms with Crippen molar-refractivity contribution in [2.75, 3.05) is 25.5 Å². The Labute approximate surface area is 342 Å². The number of likely N-dealkylation sites (N-methyl/N-ethyl adjacent to an activating group) is 1. The zero-order valence-electron chi connectivity index (χ0n) is 29.4. The number of thiazole rings is 1. The normalized spacial score (nSPS) is 12.9. The monoisotopic (exact) mass is 913 g/mol. The summed E-state index contributed by atoms with van der Waals surface area (Å²) in [6.07, 6.45) is 1.18. The molecule has 0 aliphatic rings. The summed E-state index contributed by atoms with van der Waals surface area (Å²) in [6, 6.07) is 16.6. The third-order valence-corrected chi connectivity index (χ3v) is 9.66. The van der Waals surface area contributed by atoms with E-state index < -0.39 is 41.4 Å². The number of hydrogen-bond donors (Lipinski definition) is 2. The van der Waals surface area contributed by atoms with Gasteiger partial charge in [0.1, 0.15) is 30.4 Å². The van der Waals surface area contributed by atoms with Crippen molar-refractivity contribution in [3.8, 4) is 17.3 Å². The Morgan fingerprint density at radius 1 is 1.17 bits per heavy atom. The van der Waals surface area contributed by atoms with E-state index in [2.05, 4.69) is 16.5 Å². The second kappa shape index (κ2) is 19.4. The molecule has 0 radical (unpaired) electrons. The summed E-state index contributed by atoms with van der Waals surface area (Å²) < 4.78 is 43.6. The number of halogens is 5. The van der Waals surface area contributed by atoms with E-state index >= 15 is 4.39 Å². The van der Waals surface area contributed by atoms with Crippen molar-refractivity contribution in [1.82, 2.24) is 20.1 Å². The third kappa shape index (κ3) is 10.3. The molecule has 3 aromatic carbocycles. The van der Waals surface area contributed by atoms with Crippen LogP contribution in [0.3, 0.4) is 0 Å². The average Bonchev–Trinajstić information content (AvgIpc) is 3.82. The van der Waals surface area contributed by atoms with Crippen LogP contribution < -0.4 is 38.8 Å². The van der Waals surface area contributed by atoms with Gasteiger partial charge in [0.05, 0.1) is 34.6 Å². The van der Waals surface area contributed by atoms with Gasteiger partial charge in [0, 0.05) is 52.1 Å². The number of esters is 1. The highest BCUT2D eigenvalue weighted by Gasteiger charge is 2.43. The van der Waals surface area contributed by atoms with Gasteiger partial charge in [-0.05, 0) is 55.6 Å². The number of carbonyl (C=O) groups excluding carboxylic acids is 2. The molecule has 5 aromatic rings. The van der Waals surface area contributed by atoms with Crippen LogP contribution in [0.5, 0.6) is 0 Å². The number of nitrogens with one attached hydrogen (secondary N) is 1. The number of nitrogens with zero attached hydrogens (tertiary/aromatic N) is 6. The van der Waals surface area contributed by atoms with Crippen LogP contribution in [0.2, 0.25) is 5.02 Å². The van der Waals surface area contributed by atoms with E-state index in [4.69, 9.17) is 31.3 Å². The van der Waals surface area contributed by atoms with E-state index in [1.807, 2.05) is 0 Å². The number of nitriles is 1. The van der Waals surface area contributed by atoms with Crippen molar-refractivity contribution < 1.29 is 61.5 Å². The summed E-state index contributed by atoms with van der Waals surface area (Å²) in [5.74, 6) is -2.89. The summed E-state index contributed by atoms with van der Waals surface area (Å²) in [5.41, 5.74) is 0.387. The third-order valence-electron chi connectivity index (χ3n) is 8.39. The molecule has 3 atom stereocenters. The van der Waals surface area contributed by atoms with Gasteiger partial charge in [-0.25, -0.2) is 18.6 Å². The second-order valence-corrected chi connectivity index (χ2v) is 13.3. The molecule has 0 aliphatic carbocycles. The number of carbonyl (C=O) groups is 2. The van der Waals surface area contributed by atoms with Gasteiger partial charge in [0.15, 0.2) is 0 Å². The van der Waals surface area contributed by atoms with Crippen LogP contribution in [0.4, 0.5) is 19.3 Å². The molecule has 1 amide bonds. The number of aliphatic hydroxyl groups is 1. The molecule has 2 heterocycles. The number of rotatable bonds is 13. The molecule has 0 saturated heterocycles. The summed E-state index contributed by atoms with van der Waals surface area (Å²) in [7, 11) is 3.10. The summed E-state index contributed by atoms with van der Waals surface area (Å²) in [4.78, 5) is 31.1. The van der Waals surface area contributed by atoms with Gasteiger partial charge < -0.3 is 43.9 Å². The van der Waals surface area contributed by atoms with E-state index in [1.165, 1.54) is 45.2 Å². The van der Waals surface area contributed by atoms with E-state index in [0.717, 1.165) is 23.8 Å². The largest absolute Gasteiger partial charge is 1.00 e. The maximum absolute atomic E-state index is 15.3. The Balaban J connectivity index is 0.00000392. The van der Waals surface area contributed by atoms with Crippen LogP contribution >= 0.6 is 35.3 Å². The molecular formula is C36H36Cl2F2IN7O5S. The van der Waals surface area contributed by atoms with E-state index in [-0.39, 0.29) is 61.6 Å². The lowest BCUT2D eigenvalue weighted by molar-refractivity contribution is -0.753. The fourth-order valence-electron chi connectivity index (χ4n) is 5.41. The zero-order valence-corrected chi connectivity index (χ0v) is 33.9. The first-order chi connectivity index (χ1) is 24.8. The lowest BCUT2D eigenvalue weighted by Gasteiger charge is -2.32.